The van der Waals surface area contributed by atoms with Gasteiger partial charge in [-0.15, -0.1) is 0 Å². The van der Waals surface area contributed by atoms with Gasteiger partial charge in [0.15, 0.2) is 12.4 Å². The summed E-state index contributed by atoms with van der Waals surface area (Å²) in [5.74, 6) is 0.716. The van der Waals surface area contributed by atoms with E-state index < -0.39 is 12.0 Å². The topological polar surface area (TPSA) is 147 Å². The number of methoxy groups -OCH3 is 1. The van der Waals surface area contributed by atoms with E-state index in [0.717, 1.165) is 18.5 Å². The Labute approximate surface area is 204 Å². The first-order chi connectivity index (χ1) is 16.8. The first-order valence-electron chi connectivity index (χ1n) is 11.6. The largest absolute Gasteiger partial charge is 0.507 e. The number of hydrogen-bond acceptors (Lipinski definition) is 8. The molecule has 190 valence electrons. The van der Waals surface area contributed by atoms with Gasteiger partial charge in [0.1, 0.15) is 23.4 Å². The lowest BCUT2D eigenvalue weighted by molar-refractivity contribution is -0.118. The van der Waals surface area contributed by atoms with Crippen molar-refractivity contribution in [2.45, 2.75) is 58.1 Å². The third-order valence-electron chi connectivity index (χ3n) is 5.46. The maximum Gasteiger partial charge on any atom is 0.407 e. The summed E-state index contributed by atoms with van der Waals surface area (Å²) in [4.78, 5) is 28.4. The van der Waals surface area contributed by atoms with Crippen LogP contribution < -0.4 is 20.1 Å². The van der Waals surface area contributed by atoms with Crippen LogP contribution in [0.1, 0.15) is 57.2 Å². The minimum atomic E-state index is -0.415. The molecule has 1 fully saturated rings. The number of carbonyl (C=O) groups is 2. The van der Waals surface area contributed by atoms with Crippen molar-refractivity contribution in [3.05, 3.63) is 29.5 Å². The number of nitrogens with zero attached hydrogens (tertiary/aromatic N) is 2. The number of nitrogens with one attached hydrogen (secondary N) is 3. The van der Waals surface area contributed by atoms with Crippen molar-refractivity contribution >= 4 is 24.0 Å². The molecule has 1 aliphatic carbocycles. The van der Waals surface area contributed by atoms with Gasteiger partial charge in [0.2, 0.25) is 0 Å². The molecule has 1 aliphatic rings. The number of anilines is 1. The molecule has 1 heterocycles. The van der Waals surface area contributed by atoms with Crippen LogP contribution in [0.25, 0.3) is 0 Å². The highest BCUT2D eigenvalue weighted by molar-refractivity contribution is 5.92. The maximum atomic E-state index is 12.5. The van der Waals surface area contributed by atoms with Crippen molar-refractivity contribution in [3.63, 3.8) is 0 Å². The quantitative estimate of drug-likeness (QED) is 0.376. The number of carbonyl (C=O) groups excluding carboxylic acids is 2. The molecule has 0 aliphatic heterocycles. The number of hydrogen-bond donors (Lipinski definition) is 4. The lowest BCUT2D eigenvalue weighted by Gasteiger charge is -2.14. The summed E-state index contributed by atoms with van der Waals surface area (Å²) in [7, 11) is 1.47. The number of rotatable bonds is 10. The molecule has 0 unspecified atom stereocenters. The number of benzene rings is 1. The van der Waals surface area contributed by atoms with Crippen LogP contribution in [0.5, 0.6) is 17.2 Å². The van der Waals surface area contributed by atoms with Crippen LogP contribution in [0.4, 0.5) is 10.6 Å². The number of alkyl carbamates (subject to hydrolysis) is 1. The Bertz CT molecular complexity index is 1050. The molecule has 4 N–H and O–H groups in total. The number of phenols is 1. The van der Waals surface area contributed by atoms with E-state index in [0.29, 0.717) is 30.1 Å². The van der Waals surface area contributed by atoms with Gasteiger partial charge in [0.25, 0.3) is 5.91 Å². The van der Waals surface area contributed by atoms with Crippen molar-refractivity contribution in [2.75, 3.05) is 25.6 Å². The van der Waals surface area contributed by atoms with Crippen LogP contribution in [0.2, 0.25) is 0 Å². The van der Waals surface area contributed by atoms with Gasteiger partial charge in [-0.25, -0.2) is 4.79 Å². The SMILES string of the molecule is CC/N=C/c1c(O)cc(OC)cc1OCC(=O)Nc1cc([C@H]2CC[C@@H](OC(=O)NC(C)C)C2)[nH]n1. The van der Waals surface area contributed by atoms with Gasteiger partial charge in [-0.1, -0.05) is 0 Å². The van der Waals surface area contributed by atoms with E-state index in [2.05, 4.69) is 25.8 Å². The molecule has 2 atom stereocenters. The summed E-state index contributed by atoms with van der Waals surface area (Å²) in [6.07, 6.45) is 3.23. The lowest BCUT2D eigenvalue weighted by atomic mass is 10.0. The van der Waals surface area contributed by atoms with Crippen LogP contribution in [0, 0.1) is 0 Å². The number of aromatic amines is 1. The standard InChI is InChI=1S/C24H33N5O6/c1-5-25-12-18-20(30)9-17(33-4)10-21(18)34-13-23(31)27-22-11-19(28-29-22)15-6-7-16(8-15)35-24(32)26-14(2)3/h9-12,14-16,30H,5-8,13H2,1-4H3,(H,26,32)(H2,27,28,29,31)/b25-12+/t15-,16+/m0/s1. The highest BCUT2D eigenvalue weighted by atomic mass is 16.6. The third kappa shape index (κ3) is 7.36. The van der Waals surface area contributed by atoms with E-state index in [9.17, 15) is 14.7 Å². The average Bonchev–Trinajstić information content (AvgIpc) is 3.45. The first-order valence-corrected chi connectivity index (χ1v) is 11.6. The molecule has 11 nitrogen and oxygen atoms in total. The fourth-order valence-corrected chi connectivity index (χ4v) is 3.82. The van der Waals surface area contributed by atoms with Gasteiger partial charge in [-0.2, -0.15) is 5.10 Å². The Morgan fingerprint density at radius 3 is 2.83 bits per heavy atom. The van der Waals surface area contributed by atoms with E-state index in [1.807, 2.05) is 20.8 Å². The molecule has 35 heavy (non-hydrogen) atoms. The van der Waals surface area contributed by atoms with Crippen LogP contribution in [0.3, 0.4) is 0 Å². The monoisotopic (exact) mass is 487 g/mol. The average molecular weight is 488 g/mol. The molecule has 2 aromatic rings. The van der Waals surface area contributed by atoms with Gasteiger partial charge in [0, 0.05) is 48.6 Å². The Kier molecular flexibility index (Phi) is 8.93. The lowest BCUT2D eigenvalue weighted by Crippen LogP contribution is -2.33. The second-order valence-corrected chi connectivity index (χ2v) is 8.57. The van der Waals surface area contributed by atoms with E-state index in [1.54, 1.807) is 12.1 Å². The van der Waals surface area contributed by atoms with Crippen molar-refractivity contribution in [1.82, 2.24) is 15.5 Å². The molecule has 0 spiro atoms. The van der Waals surface area contributed by atoms with E-state index >= 15 is 0 Å². The smallest absolute Gasteiger partial charge is 0.407 e. The van der Waals surface area contributed by atoms with Gasteiger partial charge in [-0.3, -0.25) is 14.9 Å². The van der Waals surface area contributed by atoms with Crippen LogP contribution in [-0.2, 0) is 9.53 Å². The summed E-state index contributed by atoms with van der Waals surface area (Å²) in [5, 5.41) is 22.8. The number of aromatic nitrogens is 2. The summed E-state index contributed by atoms with van der Waals surface area (Å²) in [6.45, 7) is 5.86. The molecule has 1 aromatic carbocycles. The predicted octanol–water partition coefficient (Wildman–Crippen LogP) is 3.35. The van der Waals surface area contributed by atoms with Gasteiger partial charge in [0.05, 0.1) is 12.7 Å². The molecule has 1 saturated carbocycles. The minimum absolute atomic E-state index is 0.0214. The van der Waals surface area contributed by atoms with Crippen molar-refractivity contribution < 1.29 is 28.9 Å². The first kappa shape index (κ1) is 25.9. The molecule has 0 bridgehead atoms. The second-order valence-electron chi connectivity index (χ2n) is 8.57. The maximum absolute atomic E-state index is 12.5. The highest BCUT2D eigenvalue weighted by Crippen LogP contribution is 2.36. The van der Waals surface area contributed by atoms with Crippen LogP contribution >= 0.6 is 0 Å². The summed E-state index contributed by atoms with van der Waals surface area (Å²) < 4.78 is 16.3. The van der Waals surface area contributed by atoms with Gasteiger partial charge >= 0.3 is 6.09 Å². The number of aromatic hydroxyl groups is 1. The second kappa shape index (κ2) is 12.1. The Hall–Kier alpha value is -3.76. The fraction of sp³-hybridized carbons (Fsp3) is 0.500. The Morgan fingerprint density at radius 2 is 2.11 bits per heavy atom. The summed E-state index contributed by atoms with van der Waals surface area (Å²) >= 11 is 0. The zero-order chi connectivity index (χ0) is 25.4. The minimum Gasteiger partial charge on any atom is -0.507 e. The van der Waals surface area contributed by atoms with Gasteiger partial charge in [-0.05, 0) is 40.0 Å². The molecule has 0 radical (unpaired) electrons. The van der Waals surface area contributed by atoms with Crippen LogP contribution in [-0.4, -0.2) is 65.9 Å². The third-order valence-corrected chi connectivity index (χ3v) is 5.46. The normalized spacial score (nSPS) is 17.5. The molecule has 2 amide bonds. The van der Waals surface area contributed by atoms with Crippen molar-refractivity contribution in [2.24, 2.45) is 4.99 Å². The predicted molar refractivity (Wildman–Crippen MR) is 131 cm³/mol. The number of phenolic OH excluding ortho intramolecular Hbond substituents is 1. The number of H-pyrrole nitrogens is 1. The molecular weight excluding hydrogens is 454 g/mol. The molecular formula is C24H33N5O6. The van der Waals surface area contributed by atoms with E-state index in [1.165, 1.54) is 19.4 Å². The molecule has 3 rings (SSSR count). The van der Waals surface area contributed by atoms with E-state index in [4.69, 9.17) is 14.2 Å². The number of aliphatic imine (C=N–C) groups is 1. The van der Waals surface area contributed by atoms with E-state index in [-0.39, 0.29) is 36.2 Å². The number of amides is 2. The summed E-state index contributed by atoms with van der Waals surface area (Å²) in [5.41, 5.74) is 1.23. The highest BCUT2D eigenvalue weighted by Gasteiger charge is 2.30. The zero-order valence-corrected chi connectivity index (χ0v) is 20.5. The van der Waals surface area contributed by atoms with Gasteiger partial charge < -0.3 is 30.0 Å². The Balaban J connectivity index is 1.54. The molecule has 0 saturated heterocycles. The van der Waals surface area contributed by atoms with Crippen molar-refractivity contribution in [3.8, 4) is 17.2 Å². The summed E-state index contributed by atoms with van der Waals surface area (Å²) in [6, 6.07) is 4.82. The molecule has 11 heteroatoms. The number of ether oxygens (including phenoxy) is 3. The fourth-order valence-electron chi connectivity index (χ4n) is 3.82. The Morgan fingerprint density at radius 1 is 1.31 bits per heavy atom. The molecule has 1 aromatic heterocycles. The van der Waals surface area contributed by atoms with Crippen LogP contribution in [0.15, 0.2) is 23.2 Å². The zero-order valence-electron chi connectivity index (χ0n) is 20.5. The van der Waals surface area contributed by atoms with Crippen molar-refractivity contribution in [1.29, 1.82) is 0 Å².